The van der Waals surface area contributed by atoms with Gasteiger partial charge in [-0.2, -0.15) is 0 Å². The lowest BCUT2D eigenvalue weighted by Crippen LogP contribution is -2.32. The molecule has 0 aliphatic heterocycles. The summed E-state index contributed by atoms with van der Waals surface area (Å²) >= 11 is 0. The molecule has 0 spiro atoms. The van der Waals surface area contributed by atoms with Crippen LogP contribution in [0.25, 0.3) is 0 Å². The van der Waals surface area contributed by atoms with Crippen LogP contribution in [-0.2, 0) is 0 Å². The molecule has 0 heterocycles. The molecule has 3 saturated carbocycles. The van der Waals surface area contributed by atoms with Gasteiger partial charge >= 0.3 is 0 Å². The van der Waals surface area contributed by atoms with Gasteiger partial charge in [0.2, 0.25) is 0 Å². The monoisotopic (exact) mass is 236 g/mol. The third-order valence-corrected chi connectivity index (χ3v) is 5.47. The van der Waals surface area contributed by atoms with Gasteiger partial charge in [0.05, 0.1) is 0 Å². The van der Waals surface area contributed by atoms with Crippen LogP contribution in [0.3, 0.4) is 0 Å². The third-order valence-electron chi connectivity index (χ3n) is 5.47. The van der Waals surface area contributed by atoms with Gasteiger partial charge in [0.25, 0.3) is 0 Å². The molecule has 0 aromatic heterocycles. The Balaban J connectivity index is 2.04. The molecule has 0 unspecified atom stereocenters. The Hall–Kier alpha value is 0. The topological polar surface area (TPSA) is 0 Å². The molecule has 0 radical (unpaired) electrons. The first-order valence-corrected chi connectivity index (χ1v) is 7.95. The standard InChI is InChI=1S/C17H32/c1-14(2)12-16-6-5-7-17(10-8-16,11-9-16)13-15(3)4/h14-15H,5-13H2,1-4H3. The molecule has 3 rings (SSSR count). The molecule has 0 N–H and O–H groups in total. The number of fused-ring (bicyclic) bond motifs is 4. The normalized spacial score (nSPS) is 37.8. The van der Waals surface area contributed by atoms with Gasteiger partial charge in [0.15, 0.2) is 0 Å². The quantitative estimate of drug-likeness (QED) is 0.578. The first kappa shape index (κ1) is 13.4. The second kappa shape index (κ2) is 4.94. The minimum absolute atomic E-state index is 0.755. The Labute approximate surface area is 109 Å². The molecule has 0 nitrogen and oxygen atoms in total. The van der Waals surface area contributed by atoms with E-state index in [0.29, 0.717) is 0 Å². The van der Waals surface area contributed by atoms with E-state index in [1.807, 2.05) is 0 Å². The van der Waals surface area contributed by atoms with E-state index in [1.54, 1.807) is 0 Å². The summed E-state index contributed by atoms with van der Waals surface area (Å²) < 4.78 is 0. The molecule has 0 saturated heterocycles. The van der Waals surface area contributed by atoms with Crippen molar-refractivity contribution in [3.63, 3.8) is 0 Å². The third kappa shape index (κ3) is 3.06. The van der Waals surface area contributed by atoms with Gasteiger partial charge in [-0.1, -0.05) is 34.1 Å². The summed E-state index contributed by atoms with van der Waals surface area (Å²) in [4.78, 5) is 0. The predicted molar refractivity (Wildman–Crippen MR) is 76.1 cm³/mol. The van der Waals surface area contributed by atoms with Crippen LogP contribution in [-0.4, -0.2) is 0 Å². The number of hydrogen-bond acceptors (Lipinski definition) is 0. The molecule has 0 aromatic rings. The van der Waals surface area contributed by atoms with E-state index in [4.69, 9.17) is 0 Å². The zero-order valence-electron chi connectivity index (χ0n) is 12.5. The molecule has 17 heavy (non-hydrogen) atoms. The van der Waals surface area contributed by atoms with Crippen molar-refractivity contribution in [3.8, 4) is 0 Å². The molecule has 3 aliphatic rings. The van der Waals surface area contributed by atoms with Crippen molar-refractivity contribution in [2.24, 2.45) is 22.7 Å². The molecular formula is C17H32. The lowest BCUT2D eigenvalue weighted by molar-refractivity contribution is 0.0698. The van der Waals surface area contributed by atoms with Crippen molar-refractivity contribution in [3.05, 3.63) is 0 Å². The molecule has 0 atom stereocenters. The first-order valence-electron chi connectivity index (χ1n) is 7.95. The summed E-state index contributed by atoms with van der Waals surface area (Å²) in [5.41, 5.74) is 1.51. The van der Waals surface area contributed by atoms with Gasteiger partial charge in [-0.3, -0.25) is 0 Å². The zero-order valence-corrected chi connectivity index (χ0v) is 12.5. The van der Waals surface area contributed by atoms with Crippen LogP contribution >= 0.6 is 0 Å². The maximum absolute atomic E-state index is 2.41. The Bertz CT molecular complexity index is 215. The highest BCUT2D eigenvalue weighted by Gasteiger charge is 2.45. The largest absolute Gasteiger partial charge is 0.0628 e. The highest BCUT2D eigenvalue weighted by atomic mass is 14.5. The van der Waals surface area contributed by atoms with Gasteiger partial charge in [0.1, 0.15) is 0 Å². The maximum Gasteiger partial charge on any atom is -0.0295 e. The van der Waals surface area contributed by atoms with Crippen LogP contribution < -0.4 is 0 Å². The van der Waals surface area contributed by atoms with Crippen molar-refractivity contribution in [1.29, 1.82) is 0 Å². The fourth-order valence-electron chi connectivity index (χ4n) is 4.99. The van der Waals surface area contributed by atoms with Crippen LogP contribution in [0.15, 0.2) is 0 Å². The summed E-state index contributed by atoms with van der Waals surface area (Å²) in [6, 6.07) is 0. The Kier molecular flexibility index (Phi) is 3.90. The molecule has 100 valence electrons. The minimum atomic E-state index is 0.755. The molecular weight excluding hydrogens is 204 g/mol. The zero-order chi connectivity index (χ0) is 12.5. The van der Waals surface area contributed by atoms with Crippen LogP contribution in [0, 0.1) is 22.7 Å². The lowest BCUT2D eigenvalue weighted by atomic mass is 9.61. The van der Waals surface area contributed by atoms with Crippen molar-refractivity contribution < 1.29 is 0 Å². The lowest BCUT2D eigenvalue weighted by Gasteiger charge is -2.44. The first-order chi connectivity index (χ1) is 7.95. The van der Waals surface area contributed by atoms with Crippen molar-refractivity contribution in [2.45, 2.75) is 85.5 Å². The van der Waals surface area contributed by atoms with E-state index < -0.39 is 0 Å². The van der Waals surface area contributed by atoms with E-state index in [2.05, 4.69) is 27.7 Å². The Morgan fingerprint density at radius 2 is 1.00 bits per heavy atom. The van der Waals surface area contributed by atoms with Gasteiger partial charge in [-0.05, 0) is 74.0 Å². The van der Waals surface area contributed by atoms with Crippen LogP contribution in [0.4, 0.5) is 0 Å². The highest BCUT2D eigenvalue weighted by molar-refractivity contribution is 4.97. The van der Waals surface area contributed by atoms with Gasteiger partial charge < -0.3 is 0 Å². The van der Waals surface area contributed by atoms with E-state index in [0.717, 1.165) is 22.7 Å². The number of rotatable bonds is 4. The van der Waals surface area contributed by atoms with Crippen LogP contribution in [0.2, 0.25) is 0 Å². The van der Waals surface area contributed by atoms with E-state index >= 15 is 0 Å². The second-order valence-corrected chi connectivity index (χ2v) is 8.05. The van der Waals surface area contributed by atoms with Gasteiger partial charge in [-0.25, -0.2) is 0 Å². The smallest absolute Gasteiger partial charge is 0.0295 e. The van der Waals surface area contributed by atoms with Gasteiger partial charge in [-0.15, -0.1) is 0 Å². The molecule has 0 aromatic carbocycles. The fourth-order valence-corrected chi connectivity index (χ4v) is 4.99. The molecule has 2 bridgehead atoms. The molecule has 0 heteroatoms. The van der Waals surface area contributed by atoms with Crippen molar-refractivity contribution in [1.82, 2.24) is 0 Å². The number of hydrogen-bond donors (Lipinski definition) is 0. The summed E-state index contributed by atoms with van der Waals surface area (Å²) in [5.74, 6) is 1.79. The Morgan fingerprint density at radius 1 is 0.647 bits per heavy atom. The summed E-state index contributed by atoms with van der Waals surface area (Å²) in [6.07, 6.45) is 13.7. The minimum Gasteiger partial charge on any atom is -0.0628 e. The molecule has 3 aliphatic carbocycles. The predicted octanol–water partition coefficient (Wildman–Crippen LogP) is 5.81. The van der Waals surface area contributed by atoms with E-state index in [1.165, 1.54) is 57.8 Å². The molecule has 0 amide bonds. The molecule has 3 fully saturated rings. The van der Waals surface area contributed by atoms with Crippen molar-refractivity contribution >= 4 is 0 Å². The van der Waals surface area contributed by atoms with Gasteiger partial charge in [0, 0.05) is 0 Å². The fraction of sp³-hybridized carbons (Fsp3) is 1.00. The van der Waals surface area contributed by atoms with Crippen molar-refractivity contribution in [2.75, 3.05) is 0 Å². The SMILES string of the molecule is CC(C)CC12CCCC(CC(C)C)(CC1)CC2. The highest BCUT2D eigenvalue weighted by Crippen LogP contribution is 2.58. The summed E-state index contributed by atoms with van der Waals surface area (Å²) in [7, 11) is 0. The maximum atomic E-state index is 2.41. The second-order valence-electron chi connectivity index (χ2n) is 8.05. The van der Waals surface area contributed by atoms with Crippen LogP contribution in [0.1, 0.15) is 85.5 Å². The average Bonchev–Trinajstić information content (AvgIpc) is 2.46. The van der Waals surface area contributed by atoms with E-state index in [9.17, 15) is 0 Å². The van der Waals surface area contributed by atoms with Crippen LogP contribution in [0.5, 0.6) is 0 Å². The Morgan fingerprint density at radius 3 is 1.29 bits per heavy atom. The van der Waals surface area contributed by atoms with E-state index in [-0.39, 0.29) is 0 Å². The summed E-state index contributed by atoms with van der Waals surface area (Å²) in [5, 5.41) is 0. The summed E-state index contributed by atoms with van der Waals surface area (Å²) in [6.45, 7) is 9.65. The average molecular weight is 236 g/mol.